The Bertz CT molecular complexity index is 71.4. The molecule has 0 spiro atoms. The molecule has 0 N–H and O–H groups in total. The molecular weight excluding hydrogens is 252 g/mol. The van der Waals surface area contributed by atoms with E-state index in [0.717, 1.165) is 21.0 Å². The zero-order valence-corrected chi connectivity index (χ0v) is 11.1. The highest BCUT2D eigenvalue weighted by atomic mass is 32.2. The van der Waals surface area contributed by atoms with Gasteiger partial charge in [-0.05, 0) is 0 Å². The fourth-order valence-corrected chi connectivity index (χ4v) is 5.23. The number of hydrogen-bond donors (Lipinski definition) is 3. The first-order valence-corrected chi connectivity index (χ1v) is 8.13. The van der Waals surface area contributed by atoms with Crippen LogP contribution in [0, 0.1) is 0 Å². The number of thiol groups is 3. The van der Waals surface area contributed by atoms with Gasteiger partial charge in [0.15, 0.2) is 0 Å². The summed E-state index contributed by atoms with van der Waals surface area (Å²) in [5, 5.41) is 2.67. The molecule has 0 aliphatic rings. The SMILES string of the molecule is SCSCC(SCS)SCS. The van der Waals surface area contributed by atoms with E-state index in [0.29, 0.717) is 4.58 Å². The smallest absolute Gasteiger partial charge is 0.0609 e. The van der Waals surface area contributed by atoms with Crippen LogP contribution in [0.15, 0.2) is 0 Å². The summed E-state index contributed by atoms with van der Waals surface area (Å²) < 4.78 is 0.627. The second kappa shape index (κ2) is 10.2. The molecule has 68 valence electrons. The molecule has 0 radical (unpaired) electrons. The highest BCUT2D eigenvalue weighted by Gasteiger charge is 2.06. The summed E-state index contributed by atoms with van der Waals surface area (Å²) >= 11 is 18.1. The minimum absolute atomic E-state index is 0.627. The lowest BCUT2D eigenvalue weighted by Crippen LogP contribution is -2.00. The first kappa shape index (κ1) is 13.1. The van der Waals surface area contributed by atoms with E-state index >= 15 is 0 Å². The monoisotopic (exact) mass is 264 g/mol. The molecule has 0 bridgehead atoms. The van der Waals surface area contributed by atoms with Gasteiger partial charge in [-0.25, -0.2) is 0 Å². The first-order chi connectivity index (χ1) is 5.35. The van der Waals surface area contributed by atoms with Gasteiger partial charge in [-0.15, -0.1) is 35.3 Å². The Kier molecular flexibility index (Phi) is 12.1. The molecule has 0 atom stereocenters. The van der Waals surface area contributed by atoms with E-state index in [2.05, 4.69) is 37.9 Å². The number of thioether (sulfide) groups is 3. The Labute approximate surface area is 98.0 Å². The van der Waals surface area contributed by atoms with E-state index in [9.17, 15) is 0 Å². The van der Waals surface area contributed by atoms with E-state index in [4.69, 9.17) is 0 Å². The Morgan fingerprint density at radius 1 is 0.909 bits per heavy atom. The summed E-state index contributed by atoms with van der Waals surface area (Å²) in [5.74, 6) is 1.14. The van der Waals surface area contributed by atoms with Crippen molar-refractivity contribution in [3.8, 4) is 0 Å². The fraction of sp³-hybridized carbons (Fsp3) is 1.00. The summed E-state index contributed by atoms with van der Waals surface area (Å²) in [4.78, 5) is 0. The van der Waals surface area contributed by atoms with Gasteiger partial charge in [0.2, 0.25) is 0 Å². The molecule has 0 saturated heterocycles. The molecule has 0 fully saturated rings. The van der Waals surface area contributed by atoms with Crippen LogP contribution in [0.5, 0.6) is 0 Å². The van der Waals surface area contributed by atoms with Crippen LogP contribution in [0.4, 0.5) is 0 Å². The predicted octanol–water partition coefficient (Wildman–Crippen LogP) is 3.17. The highest BCUT2D eigenvalue weighted by molar-refractivity contribution is 8.24. The molecule has 0 heterocycles. The largest absolute Gasteiger partial charge is 0.168 e. The van der Waals surface area contributed by atoms with Crippen LogP contribution in [0.25, 0.3) is 0 Å². The minimum atomic E-state index is 0.627. The lowest BCUT2D eigenvalue weighted by atomic mass is 10.9. The van der Waals surface area contributed by atoms with Crippen LogP contribution in [-0.4, -0.2) is 25.6 Å². The maximum absolute atomic E-state index is 4.17. The molecule has 6 heteroatoms. The molecule has 0 aromatic rings. The molecule has 0 rings (SSSR count). The van der Waals surface area contributed by atoms with Gasteiger partial charge in [0.05, 0.1) is 4.58 Å². The summed E-state index contributed by atoms with van der Waals surface area (Å²) in [5.41, 5.74) is 0. The normalized spacial score (nSPS) is 10.9. The minimum Gasteiger partial charge on any atom is -0.168 e. The third-order valence-electron chi connectivity index (χ3n) is 0.866. The summed E-state index contributed by atoms with van der Waals surface area (Å²) in [6.45, 7) is 0. The van der Waals surface area contributed by atoms with Gasteiger partial charge in [0, 0.05) is 21.0 Å². The molecule has 0 saturated carbocycles. The van der Waals surface area contributed by atoms with Crippen LogP contribution >= 0.6 is 73.2 Å². The van der Waals surface area contributed by atoms with Crippen molar-refractivity contribution in [2.75, 3.05) is 21.0 Å². The van der Waals surface area contributed by atoms with Gasteiger partial charge in [0.25, 0.3) is 0 Å². The summed E-state index contributed by atoms with van der Waals surface area (Å²) in [6.07, 6.45) is 0. The Morgan fingerprint density at radius 2 is 1.45 bits per heavy atom. The lowest BCUT2D eigenvalue weighted by Gasteiger charge is -2.11. The zero-order chi connectivity index (χ0) is 8.53. The van der Waals surface area contributed by atoms with Crippen molar-refractivity contribution in [1.29, 1.82) is 0 Å². The van der Waals surface area contributed by atoms with Gasteiger partial charge >= 0.3 is 0 Å². The van der Waals surface area contributed by atoms with Crippen LogP contribution in [-0.2, 0) is 0 Å². The van der Waals surface area contributed by atoms with Crippen molar-refractivity contribution in [1.82, 2.24) is 0 Å². The number of hydrogen-bond acceptors (Lipinski definition) is 6. The lowest BCUT2D eigenvalue weighted by molar-refractivity contribution is 1.45. The topological polar surface area (TPSA) is 0 Å². The second-order valence-corrected chi connectivity index (χ2v) is 7.46. The maximum atomic E-state index is 4.17. The highest BCUT2D eigenvalue weighted by Crippen LogP contribution is 2.28. The average molecular weight is 265 g/mol. The Hall–Kier alpha value is 2.10. The molecule has 0 amide bonds. The van der Waals surface area contributed by atoms with Gasteiger partial charge in [-0.1, -0.05) is 0 Å². The van der Waals surface area contributed by atoms with Crippen LogP contribution in [0.1, 0.15) is 0 Å². The van der Waals surface area contributed by atoms with Crippen molar-refractivity contribution >= 4 is 73.2 Å². The van der Waals surface area contributed by atoms with Crippen molar-refractivity contribution in [2.24, 2.45) is 0 Å². The van der Waals surface area contributed by atoms with Gasteiger partial charge in [-0.3, -0.25) is 0 Å². The second-order valence-electron chi connectivity index (χ2n) is 1.52. The van der Waals surface area contributed by atoms with Crippen LogP contribution < -0.4 is 0 Å². The van der Waals surface area contributed by atoms with Crippen molar-refractivity contribution in [3.05, 3.63) is 0 Å². The Morgan fingerprint density at radius 3 is 1.82 bits per heavy atom. The first-order valence-electron chi connectivity index (χ1n) is 2.98. The van der Waals surface area contributed by atoms with Crippen LogP contribution in [0.3, 0.4) is 0 Å². The van der Waals surface area contributed by atoms with Crippen molar-refractivity contribution < 1.29 is 0 Å². The van der Waals surface area contributed by atoms with E-state index in [1.165, 1.54) is 0 Å². The third-order valence-corrected chi connectivity index (χ3v) is 5.67. The third kappa shape index (κ3) is 8.43. The molecule has 0 aliphatic heterocycles. The molecule has 0 aromatic carbocycles. The standard InChI is InChI=1S/C5H12S6/c6-2-9-1-5(10-3-7)11-4-8/h5-8H,1-4H2. The Balaban J connectivity index is 3.34. The van der Waals surface area contributed by atoms with Crippen LogP contribution in [0.2, 0.25) is 0 Å². The van der Waals surface area contributed by atoms with Crippen molar-refractivity contribution in [3.63, 3.8) is 0 Å². The van der Waals surface area contributed by atoms with Gasteiger partial charge in [0.1, 0.15) is 0 Å². The van der Waals surface area contributed by atoms with E-state index in [1.54, 1.807) is 0 Å². The summed E-state index contributed by atoms with van der Waals surface area (Å²) in [7, 11) is 0. The van der Waals surface area contributed by atoms with E-state index in [-0.39, 0.29) is 0 Å². The average Bonchev–Trinajstić information content (AvgIpc) is 2.01. The van der Waals surface area contributed by atoms with Gasteiger partial charge < -0.3 is 0 Å². The molecule has 0 nitrogen and oxygen atoms in total. The van der Waals surface area contributed by atoms with Gasteiger partial charge in [-0.2, -0.15) is 37.9 Å². The van der Waals surface area contributed by atoms with E-state index < -0.39 is 0 Å². The number of rotatable bonds is 7. The molecule has 0 aliphatic carbocycles. The molecule has 11 heavy (non-hydrogen) atoms. The zero-order valence-electron chi connectivity index (χ0n) is 5.97. The predicted molar refractivity (Wildman–Crippen MR) is 73.0 cm³/mol. The molecule has 0 aromatic heterocycles. The quantitative estimate of drug-likeness (QED) is 0.478. The fourth-order valence-electron chi connectivity index (χ4n) is 0.460. The summed E-state index contributed by atoms with van der Waals surface area (Å²) in [6, 6.07) is 0. The maximum Gasteiger partial charge on any atom is 0.0609 e. The molecule has 0 unspecified atom stereocenters. The van der Waals surface area contributed by atoms with E-state index in [1.807, 2.05) is 35.3 Å². The van der Waals surface area contributed by atoms with Crippen molar-refractivity contribution in [2.45, 2.75) is 4.58 Å². The molecular formula is C5H12S6.